The van der Waals surface area contributed by atoms with E-state index >= 15 is 0 Å². The molecule has 0 aliphatic carbocycles. The van der Waals surface area contributed by atoms with E-state index in [0.717, 1.165) is 6.42 Å². The maximum Gasteiger partial charge on any atom is 0.0480 e. The van der Waals surface area contributed by atoms with Gasteiger partial charge >= 0.3 is 0 Å². The van der Waals surface area contributed by atoms with Crippen molar-refractivity contribution in [2.75, 3.05) is 0 Å². The van der Waals surface area contributed by atoms with Crippen LogP contribution >= 0.6 is 21.8 Å². The van der Waals surface area contributed by atoms with Crippen LogP contribution in [0.25, 0.3) is 0 Å². The van der Waals surface area contributed by atoms with E-state index < -0.39 is 0 Å². The second-order valence-corrected chi connectivity index (χ2v) is 5.75. The molecule has 0 atom stereocenters. The van der Waals surface area contributed by atoms with Crippen molar-refractivity contribution < 1.29 is 0 Å². The van der Waals surface area contributed by atoms with Crippen molar-refractivity contribution >= 4 is 28.0 Å². The SMILES string of the molecule is C1=CSSN=C1.c1ccc(Cc2ccccc2)cc1. The lowest BCUT2D eigenvalue weighted by Crippen LogP contribution is -1.85. The van der Waals surface area contributed by atoms with E-state index in [-0.39, 0.29) is 0 Å². The summed E-state index contributed by atoms with van der Waals surface area (Å²) in [5.74, 6) is 0. The van der Waals surface area contributed by atoms with Gasteiger partial charge in [0.15, 0.2) is 0 Å². The monoisotopic (exact) mass is 285 g/mol. The molecule has 0 saturated carbocycles. The van der Waals surface area contributed by atoms with Gasteiger partial charge in [-0.15, -0.1) is 0 Å². The lowest BCUT2D eigenvalue weighted by Gasteiger charge is -2.00. The number of hydrogen-bond acceptors (Lipinski definition) is 3. The molecule has 96 valence electrons. The normalized spacial score (nSPS) is 12.6. The van der Waals surface area contributed by atoms with E-state index in [9.17, 15) is 0 Å². The molecule has 3 rings (SSSR count). The van der Waals surface area contributed by atoms with Gasteiger partial charge < -0.3 is 0 Å². The quantitative estimate of drug-likeness (QED) is 0.558. The van der Waals surface area contributed by atoms with Crippen LogP contribution in [-0.2, 0) is 6.42 Å². The Bertz CT molecular complexity index is 471. The molecule has 0 N–H and O–H groups in total. The number of allylic oxidation sites excluding steroid dienone is 1. The standard InChI is InChI=1S/C13H12.C3H3NS2/c1-3-7-12(8-4-1)11-13-9-5-2-6-10-13;1-2-4-6-5-3-1/h1-10H,11H2;1-3H. The first kappa shape index (κ1) is 14.0. The average Bonchev–Trinajstić information content (AvgIpc) is 2.52. The van der Waals surface area contributed by atoms with E-state index in [2.05, 4.69) is 65.1 Å². The van der Waals surface area contributed by atoms with Gasteiger partial charge in [-0.2, -0.15) is 0 Å². The molecule has 1 aliphatic rings. The largest absolute Gasteiger partial charge is 0.213 e. The molecule has 1 heterocycles. The highest BCUT2D eigenvalue weighted by Gasteiger charge is 1.92. The first-order chi connectivity index (χ1) is 9.45. The molecule has 2 aromatic carbocycles. The summed E-state index contributed by atoms with van der Waals surface area (Å²) in [5, 5.41) is 2.00. The Hall–Kier alpha value is -1.45. The number of nitrogens with zero attached hydrogens (tertiary/aromatic N) is 1. The Morgan fingerprint density at radius 3 is 1.68 bits per heavy atom. The van der Waals surface area contributed by atoms with Crippen LogP contribution < -0.4 is 0 Å². The molecule has 0 aromatic heterocycles. The lowest BCUT2D eigenvalue weighted by molar-refractivity contribution is 1.19. The topological polar surface area (TPSA) is 12.4 Å². The first-order valence-electron chi connectivity index (χ1n) is 6.04. The van der Waals surface area contributed by atoms with Crippen LogP contribution in [0.2, 0.25) is 0 Å². The summed E-state index contributed by atoms with van der Waals surface area (Å²) >= 11 is 0. The van der Waals surface area contributed by atoms with Crippen molar-refractivity contribution in [3.63, 3.8) is 0 Å². The zero-order valence-electron chi connectivity index (χ0n) is 10.5. The molecule has 3 heteroatoms. The van der Waals surface area contributed by atoms with Crippen LogP contribution in [0.5, 0.6) is 0 Å². The molecule has 0 bridgehead atoms. The zero-order valence-corrected chi connectivity index (χ0v) is 12.1. The van der Waals surface area contributed by atoms with E-state index in [1.807, 2.05) is 11.5 Å². The van der Waals surface area contributed by atoms with Crippen molar-refractivity contribution in [1.29, 1.82) is 0 Å². The van der Waals surface area contributed by atoms with Crippen LogP contribution in [0.1, 0.15) is 11.1 Å². The van der Waals surface area contributed by atoms with Crippen molar-refractivity contribution in [3.8, 4) is 0 Å². The van der Waals surface area contributed by atoms with Gasteiger partial charge in [0.1, 0.15) is 0 Å². The third kappa shape index (κ3) is 5.81. The second-order valence-electron chi connectivity index (χ2n) is 3.90. The minimum absolute atomic E-state index is 1.03. The number of benzene rings is 2. The molecule has 2 aromatic rings. The summed E-state index contributed by atoms with van der Waals surface area (Å²) in [5.41, 5.74) is 2.74. The molecule has 0 fully saturated rings. The highest BCUT2D eigenvalue weighted by molar-refractivity contribution is 8.77. The van der Waals surface area contributed by atoms with Gasteiger partial charge in [-0.1, -0.05) is 60.7 Å². The lowest BCUT2D eigenvalue weighted by atomic mass is 10.1. The van der Waals surface area contributed by atoms with E-state index in [0.29, 0.717) is 0 Å². The van der Waals surface area contributed by atoms with Gasteiger partial charge in [0.2, 0.25) is 0 Å². The summed E-state index contributed by atoms with van der Waals surface area (Å²) in [6, 6.07) is 21.1. The highest BCUT2D eigenvalue weighted by atomic mass is 33.1. The van der Waals surface area contributed by atoms with Crippen molar-refractivity contribution in [2.24, 2.45) is 4.40 Å². The third-order valence-corrected chi connectivity index (χ3v) is 3.87. The Morgan fingerprint density at radius 1 is 0.789 bits per heavy atom. The summed E-state index contributed by atoms with van der Waals surface area (Å²) in [7, 11) is 3.13. The Labute approximate surface area is 122 Å². The molecule has 0 saturated heterocycles. The van der Waals surface area contributed by atoms with Gasteiger partial charge in [0.05, 0.1) is 0 Å². The molecule has 0 unspecified atom stereocenters. The molecule has 0 spiro atoms. The average molecular weight is 285 g/mol. The molecule has 1 nitrogen and oxygen atoms in total. The fraction of sp³-hybridized carbons (Fsp3) is 0.0625. The minimum Gasteiger partial charge on any atom is -0.213 e. The van der Waals surface area contributed by atoms with Crippen LogP contribution in [0.3, 0.4) is 0 Å². The van der Waals surface area contributed by atoms with Crippen LogP contribution in [0.15, 0.2) is 76.5 Å². The fourth-order valence-electron chi connectivity index (χ4n) is 1.60. The molecule has 0 amide bonds. The predicted molar refractivity (Wildman–Crippen MR) is 88.5 cm³/mol. The summed E-state index contributed by atoms with van der Waals surface area (Å²) in [4.78, 5) is 0. The molecular formula is C16H15NS2. The zero-order chi connectivity index (χ0) is 13.2. The maximum atomic E-state index is 3.84. The van der Waals surface area contributed by atoms with Crippen molar-refractivity contribution in [1.82, 2.24) is 0 Å². The van der Waals surface area contributed by atoms with E-state index in [4.69, 9.17) is 0 Å². The van der Waals surface area contributed by atoms with Crippen LogP contribution in [-0.4, -0.2) is 6.21 Å². The molecule has 19 heavy (non-hydrogen) atoms. The third-order valence-electron chi connectivity index (χ3n) is 2.46. The van der Waals surface area contributed by atoms with Crippen LogP contribution in [0.4, 0.5) is 0 Å². The van der Waals surface area contributed by atoms with E-state index in [1.54, 1.807) is 17.0 Å². The smallest absolute Gasteiger partial charge is 0.0480 e. The second kappa shape index (κ2) is 8.62. The Balaban J connectivity index is 0.000000186. The van der Waals surface area contributed by atoms with Gasteiger partial charge in [-0.3, -0.25) is 0 Å². The summed E-state index contributed by atoms with van der Waals surface area (Å²) in [6.07, 6.45) is 4.73. The molecule has 0 radical (unpaired) electrons. The fourth-order valence-corrected chi connectivity index (χ4v) is 2.60. The van der Waals surface area contributed by atoms with E-state index in [1.165, 1.54) is 22.1 Å². The first-order valence-corrected chi connectivity index (χ1v) is 8.21. The van der Waals surface area contributed by atoms with Gasteiger partial charge in [0, 0.05) is 17.2 Å². The van der Waals surface area contributed by atoms with Crippen molar-refractivity contribution in [2.45, 2.75) is 6.42 Å². The number of hydrogen-bond donors (Lipinski definition) is 0. The van der Waals surface area contributed by atoms with Gasteiger partial charge in [-0.05, 0) is 39.8 Å². The van der Waals surface area contributed by atoms with Crippen LogP contribution in [0, 0.1) is 0 Å². The summed E-state index contributed by atoms with van der Waals surface area (Å²) < 4.78 is 3.84. The number of rotatable bonds is 2. The highest BCUT2D eigenvalue weighted by Crippen LogP contribution is 2.24. The Morgan fingerprint density at radius 2 is 1.37 bits per heavy atom. The van der Waals surface area contributed by atoms with Crippen molar-refractivity contribution in [3.05, 3.63) is 83.3 Å². The predicted octanol–water partition coefficient (Wildman–Crippen LogP) is 5.16. The summed E-state index contributed by atoms with van der Waals surface area (Å²) in [6.45, 7) is 0. The van der Waals surface area contributed by atoms with Gasteiger partial charge in [-0.25, -0.2) is 4.40 Å². The maximum absolute atomic E-state index is 3.84. The minimum atomic E-state index is 1.03. The molecular weight excluding hydrogens is 270 g/mol. The van der Waals surface area contributed by atoms with Gasteiger partial charge in [0.25, 0.3) is 0 Å². The molecule has 1 aliphatic heterocycles. The Kier molecular flexibility index (Phi) is 6.34.